The Hall–Kier alpha value is -2.69. The summed E-state index contributed by atoms with van der Waals surface area (Å²) in [6, 6.07) is 9.10. The zero-order chi connectivity index (χ0) is 14.3. The van der Waals surface area contributed by atoms with Crippen LogP contribution < -0.4 is 5.73 Å². The van der Waals surface area contributed by atoms with Gasteiger partial charge in [0.2, 0.25) is 0 Å². The molecule has 0 bridgehead atoms. The number of pyridine rings is 1. The number of carbonyl (C=O) groups is 2. The highest BCUT2D eigenvalue weighted by Gasteiger charge is 2.25. The molecule has 3 rings (SSSR count). The van der Waals surface area contributed by atoms with Crippen molar-refractivity contribution in [3.05, 3.63) is 53.3 Å². The zero-order valence-corrected chi connectivity index (χ0v) is 11.0. The third-order valence-electron chi connectivity index (χ3n) is 3.45. The number of amides is 2. The number of rotatable bonds is 2. The summed E-state index contributed by atoms with van der Waals surface area (Å²) >= 11 is 0. The van der Waals surface area contributed by atoms with Crippen LogP contribution in [0.25, 0.3) is 11.1 Å². The fourth-order valence-corrected chi connectivity index (χ4v) is 2.45. The average molecular weight is 267 g/mol. The minimum absolute atomic E-state index is 0.00800. The summed E-state index contributed by atoms with van der Waals surface area (Å²) in [5.41, 5.74) is 8.63. The van der Waals surface area contributed by atoms with E-state index in [9.17, 15) is 9.59 Å². The van der Waals surface area contributed by atoms with Crippen LogP contribution in [0.3, 0.4) is 0 Å². The topological polar surface area (TPSA) is 76.3 Å². The summed E-state index contributed by atoms with van der Waals surface area (Å²) in [7, 11) is 1.76. The van der Waals surface area contributed by atoms with Gasteiger partial charge in [0.15, 0.2) is 0 Å². The second kappa shape index (κ2) is 4.45. The number of hydrogen-bond donors (Lipinski definition) is 1. The Balaban J connectivity index is 2.14. The van der Waals surface area contributed by atoms with Gasteiger partial charge in [-0.1, -0.05) is 18.2 Å². The van der Waals surface area contributed by atoms with Gasteiger partial charge in [0.25, 0.3) is 11.8 Å². The molecule has 1 aliphatic rings. The van der Waals surface area contributed by atoms with Gasteiger partial charge in [0.1, 0.15) is 5.69 Å². The number of aromatic nitrogens is 1. The monoisotopic (exact) mass is 267 g/mol. The molecule has 1 aromatic heterocycles. The third kappa shape index (κ3) is 1.84. The number of fused-ring (bicyclic) bond motifs is 1. The molecule has 1 aliphatic heterocycles. The molecule has 20 heavy (non-hydrogen) atoms. The Morgan fingerprint density at radius 1 is 1.30 bits per heavy atom. The summed E-state index contributed by atoms with van der Waals surface area (Å²) in [6.07, 6.45) is 1.52. The van der Waals surface area contributed by atoms with Crippen molar-refractivity contribution in [3.8, 4) is 11.1 Å². The molecule has 0 aliphatic carbocycles. The van der Waals surface area contributed by atoms with E-state index in [1.165, 1.54) is 6.20 Å². The first-order valence-electron chi connectivity index (χ1n) is 6.21. The van der Waals surface area contributed by atoms with Gasteiger partial charge in [0.05, 0.1) is 0 Å². The third-order valence-corrected chi connectivity index (χ3v) is 3.45. The molecule has 100 valence electrons. The van der Waals surface area contributed by atoms with E-state index >= 15 is 0 Å². The Labute approximate surface area is 116 Å². The number of nitrogens with zero attached hydrogens (tertiary/aromatic N) is 2. The highest BCUT2D eigenvalue weighted by atomic mass is 16.2. The lowest BCUT2D eigenvalue weighted by atomic mass is 9.99. The van der Waals surface area contributed by atoms with Crippen molar-refractivity contribution >= 4 is 11.8 Å². The molecular weight excluding hydrogens is 254 g/mol. The molecule has 1 aromatic carbocycles. The van der Waals surface area contributed by atoms with E-state index < -0.39 is 5.91 Å². The quantitative estimate of drug-likeness (QED) is 0.894. The van der Waals surface area contributed by atoms with E-state index in [0.29, 0.717) is 17.7 Å². The van der Waals surface area contributed by atoms with Crippen LogP contribution in [-0.4, -0.2) is 28.7 Å². The van der Waals surface area contributed by atoms with Crippen molar-refractivity contribution in [1.82, 2.24) is 9.88 Å². The van der Waals surface area contributed by atoms with Crippen molar-refractivity contribution in [2.45, 2.75) is 6.54 Å². The second-order valence-corrected chi connectivity index (χ2v) is 4.80. The number of carbonyl (C=O) groups excluding carboxylic acids is 2. The molecule has 2 aromatic rings. The molecule has 0 saturated heterocycles. The van der Waals surface area contributed by atoms with Crippen LogP contribution in [-0.2, 0) is 6.54 Å². The fourth-order valence-electron chi connectivity index (χ4n) is 2.45. The number of nitrogens with two attached hydrogens (primary N) is 1. The molecule has 5 nitrogen and oxygen atoms in total. The van der Waals surface area contributed by atoms with E-state index in [0.717, 1.165) is 11.1 Å². The number of hydrogen-bond acceptors (Lipinski definition) is 3. The van der Waals surface area contributed by atoms with Gasteiger partial charge >= 0.3 is 0 Å². The molecule has 5 heteroatoms. The molecule has 0 saturated carbocycles. The van der Waals surface area contributed by atoms with E-state index in [1.807, 2.05) is 12.1 Å². The zero-order valence-electron chi connectivity index (χ0n) is 11.0. The molecule has 0 unspecified atom stereocenters. The van der Waals surface area contributed by atoms with Crippen molar-refractivity contribution in [2.75, 3.05) is 7.05 Å². The molecule has 0 atom stereocenters. The summed E-state index contributed by atoms with van der Waals surface area (Å²) in [5.74, 6) is -0.587. The van der Waals surface area contributed by atoms with Gasteiger partial charge in [-0.2, -0.15) is 0 Å². The first-order valence-corrected chi connectivity index (χ1v) is 6.21. The van der Waals surface area contributed by atoms with E-state index in [-0.39, 0.29) is 11.6 Å². The molecule has 0 spiro atoms. The molecule has 2 N–H and O–H groups in total. The highest BCUT2D eigenvalue weighted by Crippen LogP contribution is 2.28. The Morgan fingerprint density at radius 3 is 2.85 bits per heavy atom. The smallest absolute Gasteiger partial charge is 0.267 e. The largest absolute Gasteiger partial charge is 0.364 e. The van der Waals surface area contributed by atoms with Crippen LogP contribution in [0, 0.1) is 0 Å². The minimum atomic E-state index is -0.579. The van der Waals surface area contributed by atoms with Crippen molar-refractivity contribution in [3.63, 3.8) is 0 Å². The lowest BCUT2D eigenvalue weighted by molar-refractivity contribution is 0.0816. The van der Waals surface area contributed by atoms with E-state index in [2.05, 4.69) is 4.98 Å². The standard InChI is InChI=1S/C15H13N3O2/c1-18-8-10-5-4-9(7-12(10)15(18)20)11-3-2-6-17-13(11)14(16)19/h2-7H,8H2,1H3,(H2,16,19). The molecule has 2 heterocycles. The van der Waals surface area contributed by atoms with Gasteiger partial charge in [-0.25, -0.2) is 0 Å². The Bertz CT molecular complexity index is 725. The highest BCUT2D eigenvalue weighted by molar-refractivity contribution is 6.01. The fraction of sp³-hybridized carbons (Fsp3) is 0.133. The summed E-state index contributed by atoms with van der Waals surface area (Å²) < 4.78 is 0. The van der Waals surface area contributed by atoms with Crippen molar-refractivity contribution in [2.24, 2.45) is 5.73 Å². The predicted octanol–water partition coefficient (Wildman–Crippen LogP) is 1.43. The van der Waals surface area contributed by atoms with Crippen LogP contribution in [0.1, 0.15) is 26.4 Å². The van der Waals surface area contributed by atoms with Crippen LogP contribution in [0.15, 0.2) is 36.5 Å². The Kier molecular flexibility index (Phi) is 2.75. The maximum Gasteiger partial charge on any atom is 0.267 e. The minimum Gasteiger partial charge on any atom is -0.364 e. The summed E-state index contributed by atoms with van der Waals surface area (Å²) in [6.45, 7) is 0.615. The summed E-state index contributed by atoms with van der Waals surface area (Å²) in [4.78, 5) is 29.1. The normalized spacial score (nSPS) is 13.4. The number of primary amides is 1. The van der Waals surface area contributed by atoms with Gasteiger partial charge in [-0.3, -0.25) is 14.6 Å². The summed E-state index contributed by atoms with van der Waals surface area (Å²) in [5, 5.41) is 0. The van der Waals surface area contributed by atoms with Crippen LogP contribution in [0.5, 0.6) is 0 Å². The molecular formula is C15H13N3O2. The SMILES string of the molecule is CN1Cc2ccc(-c3cccnc3C(N)=O)cc2C1=O. The van der Waals surface area contributed by atoms with Gasteiger partial charge < -0.3 is 10.6 Å². The van der Waals surface area contributed by atoms with Crippen molar-refractivity contribution < 1.29 is 9.59 Å². The maximum absolute atomic E-state index is 12.0. The van der Waals surface area contributed by atoms with E-state index in [1.54, 1.807) is 30.1 Å². The first-order chi connectivity index (χ1) is 9.58. The lowest BCUT2D eigenvalue weighted by Crippen LogP contribution is -2.17. The Morgan fingerprint density at radius 2 is 2.10 bits per heavy atom. The second-order valence-electron chi connectivity index (χ2n) is 4.80. The van der Waals surface area contributed by atoms with Gasteiger partial charge in [-0.05, 0) is 23.3 Å². The number of benzene rings is 1. The van der Waals surface area contributed by atoms with E-state index in [4.69, 9.17) is 5.73 Å². The van der Waals surface area contributed by atoms with Crippen molar-refractivity contribution in [1.29, 1.82) is 0 Å². The van der Waals surface area contributed by atoms with Gasteiger partial charge in [0, 0.05) is 30.9 Å². The van der Waals surface area contributed by atoms with Gasteiger partial charge in [-0.15, -0.1) is 0 Å². The maximum atomic E-state index is 12.0. The molecule has 0 fully saturated rings. The van der Waals surface area contributed by atoms with Crippen LogP contribution >= 0.6 is 0 Å². The van der Waals surface area contributed by atoms with Crippen LogP contribution in [0.4, 0.5) is 0 Å². The molecule has 2 amide bonds. The lowest BCUT2D eigenvalue weighted by Gasteiger charge is -2.07. The van der Waals surface area contributed by atoms with Crippen LogP contribution in [0.2, 0.25) is 0 Å². The predicted molar refractivity (Wildman–Crippen MR) is 74.0 cm³/mol. The average Bonchev–Trinajstić information content (AvgIpc) is 2.74. The first kappa shape index (κ1) is 12.3. The molecule has 0 radical (unpaired) electrons.